The van der Waals surface area contributed by atoms with E-state index in [-0.39, 0.29) is 0 Å². The van der Waals surface area contributed by atoms with E-state index in [0.717, 1.165) is 6.42 Å². The summed E-state index contributed by atoms with van der Waals surface area (Å²) in [7, 11) is 2.09. The molecule has 1 aliphatic heterocycles. The van der Waals surface area contributed by atoms with Crippen LogP contribution in [0.15, 0.2) is 54.4 Å². The number of nitrogens with zero attached hydrogens (tertiary/aromatic N) is 2. The molecule has 2 aromatic rings. The number of benzene rings is 2. The molecule has 1 aliphatic rings. The first-order valence-corrected chi connectivity index (χ1v) is 8.02. The first-order chi connectivity index (χ1) is 10.6. The van der Waals surface area contributed by atoms with Crippen LogP contribution in [-0.4, -0.2) is 12.1 Å². The number of hydrazine groups is 1. The van der Waals surface area contributed by atoms with Crippen molar-refractivity contribution in [2.75, 3.05) is 12.1 Å². The molecule has 0 saturated heterocycles. The van der Waals surface area contributed by atoms with E-state index in [1.165, 1.54) is 40.1 Å². The van der Waals surface area contributed by atoms with Crippen molar-refractivity contribution in [3.8, 4) is 11.1 Å². The first-order valence-electron chi connectivity index (χ1n) is 8.02. The van der Waals surface area contributed by atoms with Crippen molar-refractivity contribution in [2.24, 2.45) is 0 Å². The molecule has 22 heavy (non-hydrogen) atoms. The third-order valence-corrected chi connectivity index (χ3v) is 4.39. The molecular formula is C20H24N2. The lowest BCUT2D eigenvalue weighted by atomic mass is 9.93. The Balaban J connectivity index is 1.88. The Kier molecular flexibility index (Phi) is 3.93. The van der Waals surface area contributed by atoms with Gasteiger partial charge in [0.05, 0.1) is 11.4 Å². The van der Waals surface area contributed by atoms with Gasteiger partial charge in [-0.15, -0.1) is 0 Å². The van der Waals surface area contributed by atoms with Crippen LogP contribution in [0.25, 0.3) is 11.1 Å². The van der Waals surface area contributed by atoms with E-state index in [0.29, 0.717) is 0 Å². The average molecular weight is 292 g/mol. The van der Waals surface area contributed by atoms with Gasteiger partial charge in [0.15, 0.2) is 0 Å². The Hall–Kier alpha value is -2.22. The molecule has 0 aliphatic carbocycles. The second-order valence-electron chi connectivity index (χ2n) is 6.04. The van der Waals surface area contributed by atoms with E-state index in [9.17, 15) is 0 Å². The molecule has 2 aromatic carbocycles. The predicted octanol–water partition coefficient (Wildman–Crippen LogP) is 5.14. The molecule has 0 bridgehead atoms. The molecular weight excluding hydrogens is 268 g/mol. The maximum Gasteiger partial charge on any atom is 0.0575 e. The lowest BCUT2D eigenvalue weighted by molar-refractivity contribution is 0.563. The Morgan fingerprint density at radius 2 is 1.68 bits per heavy atom. The van der Waals surface area contributed by atoms with Crippen molar-refractivity contribution in [3.05, 3.63) is 65.5 Å². The van der Waals surface area contributed by atoms with Gasteiger partial charge in [-0.05, 0) is 54.7 Å². The van der Waals surface area contributed by atoms with Gasteiger partial charge in [-0.2, -0.15) is 0 Å². The van der Waals surface area contributed by atoms with Crippen LogP contribution >= 0.6 is 0 Å². The Morgan fingerprint density at radius 1 is 1.00 bits per heavy atom. The monoisotopic (exact) mass is 292 g/mol. The summed E-state index contributed by atoms with van der Waals surface area (Å²) in [6.07, 6.45) is 4.45. The Morgan fingerprint density at radius 3 is 2.27 bits per heavy atom. The van der Waals surface area contributed by atoms with Crippen molar-refractivity contribution in [1.29, 1.82) is 0 Å². The summed E-state index contributed by atoms with van der Waals surface area (Å²) in [5, 5.41) is 4.33. The van der Waals surface area contributed by atoms with Crippen LogP contribution in [0.3, 0.4) is 0 Å². The zero-order chi connectivity index (χ0) is 15.7. The summed E-state index contributed by atoms with van der Waals surface area (Å²) in [6, 6.07) is 15.5. The highest BCUT2D eigenvalue weighted by molar-refractivity contribution is 5.70. The van der Waals surface area contributed by atoms with Gasteiger partial charge in [-0.25, -0.2) is 0 Å². The van der Waals surface area contributed by atoms with Crippen molar-refractivity contribution in [2.45, 2.75) is 33.6 Å². The molecule has 2 heteroatoms. The summed E-state index contributed by atoms with van der Waals surface area (Å²) in [4.78, 5) is 0. The van der Waals surface area contributed by atoms with Gasteiger partial charge in [-0.3, -0.25) is 10.0 Å². The van der Waals surface area contributed by atoms with E-state index in [2.05, 4.69) is 86.5 Å². The lowest BCUT2D eigenvalue weighted by Gasteiger charge is -2.22. The molecule has 0 spiro atoms. The molecule has 0 radical (unpaired) electrons. The van der Waals surface area contributed by atoms with E-state index < -0.39 is 0 Å². The number of rotatable bonds is 5. The minimum absolute atomic E-state index is 1.14. The molecule has 3 rings (SSSR count). The van der Waals surface area contributed by atoms with Gasteiger partial charge in [0.25, 0.3) is 0 Å². The molecule has 0 N–H and O–H groups in total. The summed E-state index contributed by atoms with van der Waals surface area (Å²) in [5.74, 6) is 0. The fraction of sp³-hybridized carbons (Fsp3) is 0.300. The van der Waals surface area contributed by atoms with Crippen LogP contribution in [0.1, 0.15) is 31.4 Å². The second-order valence-corrected chi connectivity index (χ2v) is 6.04. The molecule has 1 heterocycles. The normalized spacial score (nSPS) is 13.1. The minimum Gasteiger partial charge on any atom is -0.285 e. The number of hydrogen-bond donors (Lipinski definition) is 0. The zero-order valence-electron chi connectivity index (χ0n) is 13.9. The number of anilines is 1. The summed E-state index contributed by atoms with van der Waals surface area (Å²) in [5.41, 5.74) is 8.06. The predicted molar refractivity (Wildman–Crippen MR) is 94.6 cm³/mol. The van der Waals surface area contributed by atoms with Gasteiger partial charge < -0.3 is 0 Å². The third-order valence-electron chi connectivity index (χ3n) is 4.39. The van der Waals surface area contributed by atoms with Gasteiger partial charge in [0, 0.05) is 13.2 Å². The van der Waals surface area contributed by atoms with Gasteiger partial charge in [0.1, 0.15) is 0 Å². The first kappa shape index (κ1) is 14.7. The van der Waals surface area contributed by atoms with Gasteiger partial charge in [0.2, 0.25) is 0 Å². The van der Waals surface area contributed by atoms with Crippen molar-refractivity contribution >= 4 is 5.69 Å². The van der Waals surface area contributed by atoms with E-state index in [4.69, 9.17) is 0 Å². The van der Waals surface area contributed by atoms with Crippen LogP contribution in [0, 0.1) is 6.92 Å². The van der Waals surface area contributed by atoms with Crippen LogP contribution in [-0.2, 0) is 6.42 Å². The fourth-order valence-electron chi connectivity index (χ4n) is 3.01. The summed E-state index contributed by atoms with van der Waals surface area (Å²) >= 11 is 0. The lowest BCUT2D eigenvalue weighted by Crippen LogP contribution is -2.24. The zero-order valence-corrected chi connectivity index (χ0v) is 13.9. The van der Waals surface area contributed by atoms with Crippen LogP contribution in [0.4, 0.5) is 5.69 Å². The highest BCUT2D eigenvalue weighted by Gasteiger charge is 2.20. The standard InChI is InChI=1S/C20H24N2/c1-5-7-19-15(2)8-6-9-20(19)17-10-12-18(13-11-17)21(4)22-14-16(22)3/h6,8-14H,5,7H2,1-4H3. The van der Waals surface area contributed by atoms with Gasteiger partial charge >= 0.3 is 0 Å². The number of hydrogen-bond acceptors (Lipinski definition) is 2. The molecule has 0 saturated carbocycles. The maximum atomic E-state index is 2.24. The fourth-order valence-corrected chi connectivity index (χ4v) is 3.01. The van der Waals surface area contributed by atoms with Crippen LogP contribution in [0.5, 0.6) is 0 Å². The molecule has 114 valence electrons. The quantitative estimate of drug-likeness (QED) is 0.752. The molecule has 0 aromatic heterocycles. The van der Waals surface area contributed by atoms with Crippen LogP contribution < -0.4 is 5.01 Å². The molecule has 0 atom stereocenters. The SMILES string of the molecule is CCCc1c(C)cccc1-c1ccc(N(C)N2C=C2C)cc1. The third kappa shape index (κ3) is 2.74. The van der Waals surface area contributed by atoms with E-state index in [1.807, 2.05) is 0 Å². The molecule has 0 amide bonds. The van der Waals surface area contributed by atoms with E-state index in [1.54, 1.807) is 0 Å². The molecule has 0 unspecified atom stereocenters. The van der Waals surface area contributed by atoms with Gasteiger partial charge in [-0.1, -0.05) is 43.7 Å². The topological polar surface area (TPSA) is 6.25 Å². The summed E-state index contributed by atoms with van der Waals surface area (Å²) < 4.78 is 0. The highest BCUT2D eigenvalue weighted by atomic mass is 15.7. The van der Waals surface area contributed by atoms with Crippen molar-refractivity contribution < 1.29 is 0 Å². The van der Waals surface area contributed by atoms with Crippen molar-refractivity contribution in [1.82, 2.24) is 5.01 Å². The Labute approximate surface area is 133 Å². The van der Waals surface area contributed by atoms with Crippen LogP contribution in [0.2, 0.25) is 0 Å². The highest BCUT2D eigenvalue weighted by Crippen LogP contribution is 2.31. The van der Waals surface area contributed by atoms with Crippen molar-refractivity contribution in [3.63, 3.8) is 0 Å². The second kappa shape index (κ2) is 5.88. The molecule has 2 nitrogen and oxygen atoms in total. The smallest absolute Gasteiger partial charge is 0.0575 e. The number of aryl methyl sites for hydroxylation is 1. The minimum atomic E-state index is 1.14. The molecule has 0 fully saturated rings. The average Bonchev–Trinajstić information content (AvgIpc) is 3.26. The van der Waals surface area contributed by atoms with E-state index >= 15 is 0 Å². The largest absolute Gasteiger partial charge is 0.285 e. The number of allylic oxidation sites excluding steroid dienone is 1. The Bertz CT molecular complexity index is 698. The summed E-state index contributed by atoms with van der Waals surface area (Å²) in [6.45, 7) is 6.58. The maximum absolute atomic E-state index is 2.24.